The van der Waals surface area contributed by atoms with Crippen molar-refractivity contribution in [1.29, 1.82) is 0 Å². The summed E-state index contributed by atoms with van der Waals surface area (Å²) in [4.78, 5) is 12.1. The number of carbonyl (C=O) groups excluding carboxylic acids is 1. The highest BCUT2D eigenvalue weighted by Gasteiger charge is 2.16. The summed E-state index contributed by atoms with van der Waals surface area (Å²) in [6, 6.07) is 5.57. The lowest BCUT2D eigenvalue weighted by atomic mass is 10.1. The van der Waals surface area contributed by atoms with Crippen LogP contribution in [0.4, 0.5) is 0 Å². The van der Waals surface area contributed by atoms with Crippen LogP contribution in [0, 0.1) is 0 Å². The van der Waals surface area contributed by atoms with E-state index in [0.717, 1.165) is 30.4 Å². The number of amides is 1. The normalized spacial score (nSPS) is 18.9. The molecule has 100 valence electrons. The molecule has 1 atom stereocenters. The molecule has 2 aromatic rings. The third-order valence-corrected chi connectivity index (χ3v) is 3.40. The lowest BCUT2D eigenvalue weighted by Crippen LogP contribution is -2.31. The molecule has 1 amide bonds. The van der Waals surface area contributed by atoms with Crippen molar-refractivity contribution in [2.75, 3.05) is 13.2 Å². The molecule has 1 aromatic heterocycles. The first kappa shape index (κ1) is 12.2. The average molecular weight is 259 g/mol. The summed E-state index contributed by atoms with van der Waals surface area (Å²) in [7, 11) is 1.87. The molecule has 3 rings (SSSR count). The van der Waals surface area contributed by atoms with E-state index in [1.54, 1.807) is 4.68 Å². The lowest BCUT2D eigenvalue weighted by molar-refractivity contribution is 0.0858. The Hall–Kier alpha value is -1.88. The van der Waals surface area contributed by atoms with Crippen molar-refractivity contribution in [3.63, 3.8) is 0 Å². The first-order chi connectivity index (χ1) is 9.22. The Kier molecular flexibility index (Phi) is 3.21. The Bertz CT molecular complexity index is 600. The quantitative estimate of drug-likeness (QED) is 0.908. The van der Waals surface area contributed by atoms with Crippen LogP contribution in [0.25, 0.3) is 10.9 Å². The topological polar surface area (TPSA) is 56.2 Å². The van der Waals surface area contributed by atoms with Gasteiger partial charge < -0.3 is 10.1 Å². The number of aryl methyl sites for hydroxylation is 1. The molecule has 0 radical (unpaired) electrons. The number of ether oxygens (including phenoxy) is 1. The number of hydrogen-bond donors (Lipinski definition) is 1. The third kappa shape index (κ3) is 2.61. The highest BCUT2D eigenvalue weighted by Crippen LogP contribution is 2.14. The molecule has 1 aliphatic heterocycles. The Labute approximate surface area is 111 Å². The number of hydrogen-bond acceptors (Lipinski definition) is 3. The van der Waals surface area contributed by atoms with E-state index >= 15 is 0 Å². The predicted molar refractivity (Wildman–Crippen MR) is 72.0 cm³/mol. The van der Waals surface area contributed by atoms with Gasteiger partial charge in [-0.3, -0.25) is 9.48 Å². The summed E-state index contributed by atoms with van der Waals surface area (Å²) < 4.78 is 7.23. The van der Waals surface area contributed by atoms with E-state index in [1.165, 1.54) is 0 Å². The van der Waals surface area contributed by atoms with Gasteiger partial charge in [0.05, 0.1) is 11.6 Å². The average Bonchev–Trinajstić information content (AvgIpc) is 3.02. The Morgan fingerprint density at radius 2 is 2.47 bits per heavy atom. The number of rotatable bonds is 3. The van der Waals surface area contributed by atoms with Gasteiger partial charge in [-0.2, -0.15) is 5.10 Å². The molecule has 1 aliphatic rings. The van der Waals surface area contributed by atoms with Gasteiger partial charge in [0.25, 0.3) is 5.91 Å². The molecule has 19 heavy (non-hydrogen) atoms. The molecule has 0 spiro atoms. The van der Waals surface area contributed by atoms with Crippen LogP contribution in [-0.4, -0.2) is 34.9 Å². The van der Waals surface area contributed by atoms with Gasteiger partial charge in [-0.1, -0.05) is 6.07 Å². The van der Waals surface area contributed by atoms with Crippen LogP contribution in [-0.2, 0) is 11.8 Å². The molecule has 0 aliphatic carbocycles. The van der Waals surface area contributed by atoms with Crippen LogP contribution in [0.15, 0.2) is 24.4 Å². The molecule has 5 heteroatoms. The van der Waals surface area contributed by atoms with Crippen molar-refractivity contribution in [3.05, 3.63) is 30.0 Å². The summed E-state index contributed by atoms with van der Waals surface area (Å²) in [5.74, 6) is -0.0666. The first-order valence-corrected chi connectivity index (χ1v) is 6.55. The van der Waals surface area contributed by atoms with Crippen LogP contribution in [0.2, 0.25) is 0 Å². The maximum absolute atomic E-state index is 12.1. The van der Waals surface area contributed by atoms with Crippen molar-refractivity contribution in [2.45, 2.75) is 18.9 Å². The standard InChI is InChI=1S/C14H17N3O2/c1-17-9-11-5-4-10(7-13(11)16-17)14(18)15-8-12-3-2-6-19-12/h4-5,7,9,12H,2-3,6,8H2,1H3,(H,15,18). The molecule has 1 N–H and O–H groups in total. The van der Waals surface area contributed by atoms with Crippen molar-refractivity contribution >= 4 is 16.8 Å². The smallest absolute Gasteiger partial charge is 0.251 e. The summed E-state index contributed by atoms with van der Waals surface area (Å²) in [5, 5.41) is 8.26. The minimum Gasteiger partial charge on any atom is -0.376 e. The Balaban J connectivity index is 1.69. The number of fused-ring (bicyclic) bond motifs is 1. The van der Waals surface area contributed by atoms with Gasteiger partial charge in [0, 0.05) is 37.3 Å². The first-order valence-electron chi connectivity index (χ1n) is 6.55. The van der Waals surface area contributed by atoms with E-state index in [1.807, 2.05) is 31.4 Å². The van der Waals surface area contributed by atoms with Gasteiger partial charge >= 0.3 is 0 Å². The number of carbonyl (C=O) groups is 1. The lowest BCUT2D eigenvalue weighted by Gasteiger charge is -2.10. The van der Waals surface area contributed by atoms with Gasteiger partial charge in [-0.05, 0) is 25.0 Å². The fourth-order valence-corrected chi connectivity index (χ4v) is 2.39. The molecule has 0 saturated carbocycles. The Morgan fingerprint density at radius 3 is 3.26 bits per heavy atom. The summed E-state index contributed by atoms with van der Waals surface area (Å²) in [5.41, 5.74) is 1.48. The predicted octanol–water partition coefficient (Wildman–Crippen LogP) is 1.48. The van der Waals surface area contributed by atoms with Crippen LogP contribution >= 0.6 is 0 Å². The zero-order valence-electron chi connectivity index (χ0n) is 10.9. The summed E-state index contributed by atoms with van der Waals surface area (Å²) >= 11 is 0. The fourth-order valence-electron chi connectivity index (χ4n) is 2.39. The van der Waals surface area contributed by atoms with Gasteiger partial charge in [-0.25, -0.2) is 0 Å². The summed E-state index contributed by atoms with van der Waals surface area (Å²) in [6.07, 6.45) is 4.21. The van der Waals surface area contributed by atoms with E-state index in [9.17, 15) is 4.79 Å². The van der Waals surface area contributed by atoms with Crippen molar-refractivity contribution in [2.24, 2.45) is 7.05 Å². The van der Waals surface area contributed by atoms with E-state index in [0.29, 0.717) is 12.1 Å². The highest BCUT2D eigenvalue weighted by atomic mass is 16.5. The second-order valence-corrected chi connectivity index (χ2v) is 4.92. The molecule has 5 nitrogen and oxygen atoms in total. The number of nitrogens with zero attached hydrogens (tertiary/aromatic N) is 2. The molecule has 2 heterocycles. The van der Waals surface area contributed by atoms with Crippen molar-refractivity contribution in [1.82, 2.24) is 15.1 Å². The fraction of sp³-hybridized carbons (Fsp3) is 0.429. The minimum atomic E-state index is -0.0666. The van der Waals surface area contributed by atoms with Gasteiger partial charge in [0.1, 0.15) is 0 Å². The molecule has 1 saturated heterocycles. The van der Waals surface area contributed by atoms with Gasteiger partial charge in [0.2, 0.25) is 0 Å². The minimum absolute atomic E-state index is 0.0666. The molecule has 0 bridgehead atoms. The van der Waals surface area contributed by atoms with Crippen LogP contribution in [0.1, 0.15) is 23.2 Å². The van der Waals surface area contributed by atoms with E-state index in [2.05, 4.69) is 10.4 Å². The molecular weight excluding hydrogens is 242 g/mol. The molecule has 1 aromatic carbocycles. The van der Waals surface area contributed by atoms with Gasteiger partial charge in [-0.15, -0.1) is 0 Å². The number of nitrogens with one attached hydrogen (secondary N) is 1. The molecular formula is C14H17N3O2. The number of benzene rings is 1. The largest absolute Gasteiger partial charge is 0.376 e. The third-order valence-electron chi connectivity index (χ3n) is 3.40. The highest BCUT2D eigenvalue weighted by molar-refractivity contribution is 5.97. The van der Waals surface area contributed by atoms with E-state index < -0.39 is 0 Å². The maximum Gasteiger partial charge on any atom is 0.251 e. The molecule has 1 unspecified atom stereocenters. The van der Waals surface area contributed by atoms with Crippen LogP contribution in [0.5, 0.6) is 0 Å². The van der Waals surface area contributed by atoms with Gasteiger partial charge in [0.15, 0.2) is 0 Å². The van der Waals surface area contributed by atoms with Crippen LogP contribution in [0.3, 0.4) is 0 Å². The Morgan fingerprint density at radius 1 is 1.58 bits per heavy atom. The van der Waals surface area contributed by atoms with E-state index in [4.69, 9.17) is 4.74 Å². The number of aromatic nitrogens is 2. The van der Waals surface area contributed by atoms with E-state index in [-0.39, 0.29) is 12.0 Å². The summed E-state index contributed by atoms with van der Waals surface area (Å²) in [6.45, 7) is 1.39. The monoisotopic (exact) mass is 259 g/mol. The van der Waals surface area contributed by atoms with Crippen molar-refractivity contribution in [3.8, 4) is 0 Å². The SMILES string of the molecule is Cn1cc2ccc(C(=O)NCC3CCCO3)cc2n1. The maximum atomic E-state index is 12.1. The second kappa shape index (κ2) is 5.01. The zero-order chi connectivity index (χ0) is 13.2. The van der Waals surface area contributed by atoms with Crippen LogP contribution < -0.4 is 5.32 Å². The molecule has 1 fully saturated rings. The van der Waals surface area contributed by atoms with Crippen molar-refractivity contribution < 1.29 is 9.53 Å². The zero-order valence-corrected chi connectivity index (χ0v) is 10.9. The second-order valence-electron chi connectivity index (χ2n) is 4.92.